The number of rotatable bonds is 6. The second kappa shape index (κ2) is 7.35. The summed E-state index contributed by atoms with van der Waals surface area (Å²) in [5.74, 6) is 0.0254. The molecule has 0 saturated carbocycles. The number of carbonyl (C=O) groups excluding carboxylic acids is 1. The molecule has 0 N–H and O–H groups in total. The monoisotopic (exact) mass is 327 g/mol. The Morgan fingerprint density at radius 2 is 2.23 bits per heavy atom. The molecule has 0 saturated heterocycles. The molecule has 0 aliphatic carbocycles. The Hall–Kier alpha value is -1.95. The Morgan fingerprint density at radius 1 is 1.45 bits per heavy atom. The van der Waals surface area contributed by atoms with Crippen LogP contribution in [0.15, 0.2) is 36.7 Å². The highest BCUT2D eigenvalue weighted by Crippen LogP contribution is 2.15. The summed E-state index contributed by atoms with van der Waals surface area (Å²) in [6, 6.07) is 7.29. The molecule has 7 heteroatoms. The number of aryl methyl sites for hydroxylation is 1. The van der Waals surface area contributed by atoms with E-state index in [2.05, 4.69) is 4.98 Å². The first-order valence-corrected chi connectivity index (χ1v) is 7.13. The Kier molecular flexibility index (Phi) is 5.49. The van der Waals surface area contributed by atoms with Gasteiger partial charge in [-0.3, -0.25) is 9.36 Å². The van der Waals surface area contributed by atoms with Crippen molar-refractivity contribution in [1.82, 2.24) is 14.5 Å². The van der Waals surface area contributed by atoms with Gasteiger partial charge in [-0.15, -0.1) is 0 Å². The first kappa shape index (κ1) is 16.4. The lowest BCUT2D eigenvalue weighted by atomic mass is 10.1. The number of alkyl halides is 2. The molecule has 22 heavy (non-hydrogen) atoms. The van der Waals surface area contributed by atoms with Crippen LogP contribution in [0.3, 0.4) is 0 Å². The van der Waals surface area contributed by atoms with Crippen molar-refractivity contribution in [1.29, 1.82) is 0 Å². The Labute approximate surface area is 132 Å². The normalized spacial score (nSPS) is 11.0. The average Bonchev–Trinajstić information content (AvgIpc) is 2.93. The molecule has 0 spiro atoms. The molecule has 0 bridgehead atoms. The van der Waals surface area contributed by atoms with Gasteiger partial charge in [-0.25, -0.2) is 4.98 Å². The number of nitrogens with zero attached hydrogens (tertiary/aromatic N) is 3. The van der Waals surface area contributed by atoms with Crippen LogP contribution in [0.1, 0.15) is 24.4 Å². The maximum absolute atomic E-state index is 12.7. The van der Waals surface area contributed by atoms with E-state index in [0.29, 0.717) is 11.4 Å². The molecule has 1 heterocycles. The minimum Gasteiger partial charge on any atom is -0.338 e. The van der Waals surface area contributed by atoms with Crippen LogP contribution < -0.4 is 0 Å². The van der Waals surface area contributed by atoms with Crippen LogP contribution in [0.25, 0.3) is 0 Å². The van der Waals surface area contributed by atoms with Crippen LogP contribution in [0.2, 0.25) is 5.02 Å². The second-order valence-electron chi connectivity index (χ2n) is 4.91. The van der Waals surface area contributed by atoms with Gasteiger partial charge in [0.1, 0.15) is 5.82 Å². The number of benzene rings is 1. The molecule has 0 fully saturated rings. The zero-order valence-corrected chi connectivity index (χ0v) is 12.8. The molecule has 0 radical (unpaired) electrons. The highest BCUT2D eigenvalue weighted by atomic mass is 35.5. The van der Waals surface area contributed by atoms with E-state index in [9.17, 15) is 13.6 Å². The van der Waals surface area contributed by atoms with Gasteiger partial charge < -0.3 is 4.90 Å². The van der Waals surface area contributed by atoms with Gasteiger partial charge >= 0.3 is 6.55 Å². The number of imidazole rings is 1. The van der Waals surface area contributed by atoms with Gasteiger partial charge in [-0.2, -0.15) is 8.78 Å². The topological polar surface area (TPSA) is 38.1 Å². The van der Waals surface area contributed by atoms with E-state index in [-0.39, 0.29) is 24.7 Å². The first-order chi connectivity index (χ1) is 10.5. The lowest BCUT2D eigenvalue weighted by Gasteiger charge is -2.17. The Morgan fingerprint density at radius 3 is 2.91 bits per heavy atom. The van der Waals surface area contributed by atoms with Gasteiger partial charge in [0.15, 0.2) is 0 Å². The molecule has 4 nitrogen and oxygen atoms in total. The molecule has 0 unspecified atom stereocenters. The summed E-state index contributed by atoms with van der Waals surface area (Å²) in [7, 11) is 1.57. The molecule has 1 aromatic carbocycles. The number of hydrogen-bond acceptors (Lipinski definition) is 2. The highest BCUT2D eigenvalue weighted by Gasteiger charge is 2.16. The summed E-state index contributed by atoms with van der Waals surface area (Å²) >= 11 is 5.89. The fourth-order valence-corrected chi connectivity index (χ4v) is 2.29. The van der Waals surface area contributed by atoms with E-state index < -0.39 is 6.55 Å². The predicted octanol–water partition coefficient (Wildman–Crippen LogP) is 3.52. The lowest BCUT2D eigenvalue weighted by Crippen LogP contribution is -2.28. The van der Waals surface area contributed by atoms with Crippen molar-refractivity contribution in [3.63, 3.8) is 0 Å². The summed E-state index contributed by atoms with van der Waals surface area (Å²) in [4.78, 5) is 17.3. The van der Waals surface area contributed by atoms with Gasteiger partial charge in [0, 0.05) is 30.9 Å². The molecule has 0 atom stereocenters. The zero-order valence-electron chi connectivity index (χ0n) is 12.0. The third-order valence-electron chi connectivity index (χ3n) is 3.28. The molecule has 1 aromatic heterocycles. The maximum atomic E-state index is 12.7. The van der Waals surface area contributed by atoms with Crippen LogP contribution in [0.4, 0.5) is 8.78 Å². The fraction of sp³-hybridized carbons (Fsp3) is 0.333. The van der Waals surface area contributed by atoms with Crippen LogP contribution in [0.5, 0.6) is 0 Å². The van der Waals surface area contributed by atoms with Crippen LogP contribution >= 0.6 is 11.6 Å². The summed E-state index contributed by atoms with van der Waals surface area (Å²) in [5, 5.41) is 0.622. The van der Waals surface area contributed by atoms with Crippen molar-refractivity contribution in [3.05, 3.63) is 53.1 Å². The first-order valence-electron chi connectivity index (χ1n) is 6.75. The minimum atomic E-state index is -2.66. The summed E-state index contributed by atoms with van der Waals surface area (Å²) in [5.41, 5.74) is 0.961. The molecule has 2 rings (SSSR count). The molecule has 1 amide bonds. The van der Waals surface area contributed by atoms with Crippen LogP contribution in [-0.2, 0) is 17.8 Å². The quantitative estimate of drug-likeness (QED) is 0.814. The zero-order chi connectivity index (χ0) is 16.1. The SMILES string of the molecule is CN(Cc1nccn1C(F)F)C(=O)CCc1cccc(Cl)c1. The van der Waals surface area contributed by atoms with Gasteiger partial charge in [0.2, 0.25) is 5.91 Å². The molecule has 2 aromatic rings. The summed E-state index contributed by atoms with van der Waals surface area (Å²) < 4.78 is 26.2. The highest BCUT2D eigenvalue weighted by molar-refractivity contribution is 6.30. The van der Waals surface area contributed by atoms with Gasteiger partial charge in [-0.1, -0.05) is 23.7 Å². The molecule has 0 aliphatic rings. The second-order valence-corrected chi connectivity index (χ2v) is 5.34. The van der Waals surface area contributed by atoms with Crippen LogP contribution in [0, 0.1) is 0 Å². The van der Waals surface area contributed by atoms with Gasteiger partial charge in [0.25, 0.3) is 0 Å². The molecule has 118 valence electrons. The van der Waals surface area contributed by atoms with Gasteiger partial charge in [-0.05, 0) is 24.1 Å². The summed E-state index contributed by atoms with van der Waals surface area (Å²) in [6.45, 7) is -2.61. The molecule has 0 aliphatic heterocycles. The number of amides is 1. The number of hydrogen-bond donors (Lipinski definition) is 0. The van der Waals surface area contributed by atoms with E-state index in [0.717, 1.165) is 10.1 Å². The van der Waals surface area contributed by atoms with Crippen LogP contribution in [-0.4, -0.2) is 27.4 Å². The van der Waals surface area contributed by atoms with E-state index in [1.807, 2.05) is 12.1 Å². The average molecular weight is 328 g/mol. The number of aromatic nitrogens is 2. The maximum Gasteiger partial charge on any atom is 0.319 e. The third-order valence-corrected chi connectivity index (χ3v) is 3.52. The largest absolute Gasteiger partial charge is 0.338 e. The molecular formula is C15H16ClF2N3O. The van der Waals surface area contributed by atoms with Crippen molar-refractivity contribution in [3.8, 4) is 0 Å². The summed E-state index contributed by atoms with van der Waals surface area (Å²) in [6.07, 6.45) is 3.33. The number of halogens is 3. The van der Waals surface area contributed by atoms with E-state index >= 15 is 0 Å². The van der Waals surface area contributed by atoms with Gasteiger partial charge in [0.05, 0.1) is 6.54 Å². The molecular weight excluding hydrogens is 312 g/mol. The standard InChI is InChI=1S/C15H16ClF2N3O/c1-20(10-13-19-7-8-21(13)15(17)18)14(22)6-5-11-3-2-4-12(16)9-11/h2-4,7-9,15H,5-6,10H2,1H3. The van der Waals surface area contributed by atoms with Crippen molar-refractivity contribution in [2.75, 3.05) is 7.05 Å². The number of carbonyl (C=O) groups is 1. The smallest absolute Gasteiger partial charge is 0.319 e. The van der Waals surface area contributed by atoms with Crippen molar-refractivity contribution in [2.45, 2.75) is 25.9 Å². The lowest BCUT2D eigenvalue weighted by molar-refractivity contribution is -0.130. The Bertz CT molecular complexity index is 645. The minimum absolute atomic E-state index is 0.0473. The van der Waals surface area contributed by atoms with Crippen molar-refractivity contribution < 1.29 is 13.6 Å². The predicted molar refractivity (Wildman–Crippen MR) is 79.7 cm³/mol. The third kappa shape index (κ3) is 4.27. The van der Waals surface area contributed by atoms with E-state index in [1.165, 1.54) is 17.3 Å². The van der Waals surface area contributed by atoms with Crippen molar-refractivity contribution >= 4 is 17.5 Å². The van der Waals surface area contributed by atoms with Crippen molar-refractivity contribution in [2.24, 2.45) is 0 Å². The fourth-order valence-electron chi connectivity index (χ4n) is 2.08. The van der Waals surface area contributed by atoms with E-state index in [1.54, 1.807) is 19.2 Å². The van der Waals surface area contributed by atoms with E-state index in [4.69, 9.17) is 11.6 Å². The Balaban J connectivity index is 1.91.